The van der Waals surface area contributed by atoms with Gasteiger partial charge in [-0.15, -0.1) is 0 Å². The Labute approximate surface area is 143 Å². The average Bonchev–Trinajstić information content (AvgIpc) is 3.11. The number of urea groups is 1. The van der Waals surface area contributed by atoms with E-state index in [1.807, 2.05) is 18.1 Å². The number of carbonyl (C=O) groups excluding carboxylic acids is 1. The van der Waals surface area contributed by atoms with Crippen molar-refractivity contribution in [2.24, 2.45) is 13.0 Å². The molecule has 3 heterocycles. The second-order valence-corrected chi connectivity index (χ2v) is 7.28. The molecule has 0 bridgehead atoms. The summed E-state index contributed by atoms with van der Waals surface area (Å²) in [5.74, 6) is 0.757. The molecule has 0 radical (unpaired) electrons. The zero-order valence-electron chi connectivity index (χ0n) is 15.2. The van der Waals surface area contributed by atoms with Crippen molar-refractivity contribution in [1.82, 2.24) is 19.6 Å². The molecule has 7 nitrogen and oxygen atoms in total. The molecule has 2 unspecified atom stereocenters. The Hall–Kier alpha value is -1.60. The Morgan fingerprint density at radius 2 is 2.04 bits per heavy atom. The van der Waals surface area contributed by atoms with Crippen LogP contribution in [0.15, 0.2) is 6.20 Å². The van der Waals surface area contributed by atoms with Crippen LogP contribution in [-0.4, -0.2) is 71.0 Å². The topological polar surface area (TPSA) is 62.6 Å². The van der Waals surface area contributed by atoms with E-state index in [9.17, 15) is 4.79 Å². The van der Waals surface area contributed by atoms with E-state index in [0.29, 0.717) is 12.0 Å². The van der Waals surface area contributed by atoms with Crippen LogP contribution in [0.4, 0.5) is 10.5 Å². The minimum absolute atomic E-state index is 0.0208. The predicted octanol–water partition coefficient (Wildman–Crippen LogP) is 1.73. The Bertz CT molecular complexity index is 580. The van der Waals surface area contributed by atoms with Gasteiger partial charge in [0.15, 0.2) is 0 Å². The highest BCUT2D eigenvalue weighted by Crippen LogP contribution is 2.26. The molecule has 2 atom stereocenters. The maximum absolute atomic E-state index is 12.7. The first-order valence-corrected chi connectivity index (χ1v) is 8.87. The number of amides is 2. The molecule has 2 amide bonds. The SMILES string of the molecule is CC(C)c1nn(C)cc1NC(=O)N1CC(C)C(N2CCOCC2)C1. The molecule has 0 aliphatic carbocycles. The van der Waals surface area contributed by atoms with Crippen molar-refractivity contribution in [1.29, 1.82) is 0 Å². The number of hydrogen-bond donors (Lipinski definition) is 1. The Kier molecular flexibility index (Phi) is 5.10. The van der Waals surface area contributed by atoms with Gasteiger partial charge in [0.1, 0.15) is 0 Å². The van der Waals surface area contributed by atoms with E-state index in [-0.39, 0.29) is 11.9 Å². The molecule has 1 aromatic rings. The number of nitrogens with zero attached hydrogens (tertiary/aromatic N) is 4. The van der Waals surface area contributed by atoms with E-state index < -0.39 is 0 Å². The van der Waals surface area contributed by atoms with Gasteiger partial charge in [-0.1, -0.05) is 20.8 Å². The number of aromatic nitrogens is 2. The maximum atomic E-state index is 12.7. The second-order valence-electron chi connectivity index (χ2n) is 7.28. The van der Waals surface area contributed by atoms with Crippen LogP contribution in [0.3, 0.4) is 0 Å². The highest BCUT2D eigenvalue weighted by molar-refractivity contribution is 5.90. The van der Waals surface area contributed by atoms with Gasteiger partial charge in [-0.2, -0.15) is 5.10 Å². The molecule has 3 rings (SSSR count). The van der Waals surface area contributed by atoms with Crippen LogP contribution >= 0.6 is 0 Å². The van der Waals surface area contributed by atoms with Gasteiger partial charge in [-0.05, 0) is 11.8 Å². The van der Waals surface area contributed by atoms with E-state index >= 15 is 0 Å². The van der Waals surface area contributed by atoms with Crippen LogP contribution in [0.5, 0.6) is 0 Å². The van der Waals surface area contributed by atoms with Crippen LogP contribution in [0.2, 0.25) is 0 Å². The maximum Gasteiger partial charge on any atom is 0.322 e. The minimum atomic E-state index is -0.0208. The molecular weight excluding hydrogens is 306 g/mol. The largest absolute Gasteiger partial charge is 0.379 e. The summed E-state index contributed by atoms with van der Waals surface area (Å²) in [5.41, 5.74) is 1.75. The first-order valence-electron chi connectivity index (χ1n) is 8.87. The van der Waals surface area contributed by atoms with E-state index in [4.69, 9.17) is 4.74 Å². The second kappa shape index (κ2) is 7.11. The molecule has 24 heavy (non-hydrogen) atoms. The molecule has 134 valence electrons. The predicted molar refractivity (Wildman–Crippen MR) is 93.2 cm³/mol. The summed E-state index contributed by atoms with van der Waals surface area (Å²) in [6.45, 7) is 11.5. The highest BCUT2D eigenvalue weighted by atomic mass is 16.5. The lowest BCUT2D eigenvalue weighted by molar-refractivity contribution is 0.0123. The Morgan fingerprint density at radius 1 is 1.33 bits per heavy atom. The minimum Gasteiger partial charge on any atom is -0.379 e. The molecule has 2 aliphatic rings. The van der Waals surface area contributed by atoms with Crippen molar-refractivity contribution in [2.75, 3.05) is 44.7 Å². The van der Waals surface area contributed by atoms with Crippen LogP contribution < -0.4 is 5.32 Å². The quantitative estimate of drug-likeness (QED) is 0.914. The summed E-state index contributed by atoms with van der Waals surface area (Å²) in [5, 5.41) is 7.51. The molecule has 1 aromatic heterocycles. The lowest BCUT2D eigenvalue weighted by Gasteiger charge is -2.33. The van der Waals surface area contributed by atoms with Gasteiger partial charge < -0.3 is 15.0 Å². The lowest BCUT2D eigenvalue weighted by Crippen LogP contribution is -2.47. The molecule has 0 saturated carbocycles. The fourth-order valence-electron chi connectivity index (χ4n) is 3.72. The first kappa shape index (κ1) is 17.2. The molecule has 7 heteroatoms. The molecule has 2 aliphatic heterocycles. The van der Waals surface area contributed by atoms with Crippen LogP contribution in [0.1, 0.15) is 32.4 Å². The van der Waals surface area contributed by atoms with E-state index in [1.54, 1.807) is 4.68 Å². The first-order chi connectivity index (χ1) is 11.5. The van der Waals surface area contributed by atoms with Crippen LogP contribution in [0.25, 0.3) is 0 Å². The molecule has 2 fully saturated rings. The molecule has 1 N–H and O–H groups in total. The zero-order valence-corrected chi connectivity index (χ0v) is 15.2. The van der Waals surface area contributed by atoms with Crippen molar-refractivity contribution < 1.29 is 9.53 Å². The third kappa shape index (κ3) is 3.57. The number of rotatable bonds is 3. The van der Waals surface area contributed by atoms with Gasteiger partial charge in [0.25, 0.3) is 0 Å². The number of likely N-dealkylation sites (tertiary alicyclic amines) is 1. The summed E-state index contributed by atoms with van der Waals surface area (Å²) in [4.78, 5) is 17.1. The number of anilines is 1. The van der Waals surface area contributed by atoms with Crippen molar-refractivity contribution >= 4 is 11.7 Å². The summed E-state index contributed by atoms with van der Waals surface area (Å²) in [6, 6.07) is 0.408. The van der Waals surface area contributed by atoms with Crippen LogP contribution in [-0.2, 0) is 11.8 Å². The van der Waals surface area contributed by atoms with Gasteiger partial charge in [0.05, 0.1) is 24.6 Å². The molecule has 2 saturated heterocycles. The number of morpholine rings is 1. The van der Waals surface area contributed by atoms with Gasteiger partial charge in [0, 0.05) is 45.5 Å². The lowest BCUT2D eigenvalue weighted by atomic mass is 10.0. The standard InChI is InChI=1S/C17H29N5O2/c1-12(2)16-14(10-20(4)19-16)18-17(23)22-9-13(3)15(11-22)21-5-7-24-8-6-21/h10,12-13,15H,5-9,11H2,1-4H3,(H,18,23). The normalized spacial score (nSPS) is 25.5. The monoisotopic (exact) mass is 335 g/mol. The average molecular weight is 335 g/mol. The smallest absolute Gasteiger partial charge is 0.322 e. The number of aryl methyl sites for hydroxylation is 1. The molecular formula is C17H29N5O2. The fourth-order valence-corrected chi connectivity index (χ4v) is 3.72. The van der Waals surface area contributed by atoms with Crippen molar-refractivity contribution in [3.8, 4) is 0 Å². The molecule has 0 spiro atoms. The van der Waals surface area contributed by atoms with Gasteiger partial charge in [-0.3, -0.25) is 9.58 Å². The fraction of sp³-hybridized carbons (Fsp3) is 0.765. The third-order valence-electron chi connectivity index (χ3n) is 5.02. The van der Waals surface area contributed by atoms with Crippen molar-refractivity contribution in [3.63, 3.8) is 0 Å². The van der Waals surface area contributed by atoms with Gasteiger partial charge in [0.2, 0.25) is 0 Å². The van der Waals surface area contributed by atoms with Crippen molar-refractivity contribution in [2.45, 2.75) is 32.7 Å². The Balaban J connectivity index is 1.64. The number of ether oxygens (including phenoxy) is 1. The third-order valence-corrected chi connectivity index (χ3v) is 5.02. The van der Waals surface area contributed by atoms with E-state index in [1.165, 1.54) is 0 Å². The highest BCUT2D eigenvalue weighted by Gasteiger charge is 2.36. The summed E-state index contributed by atoms with van der Waals surface area (Å²) in [7, 11) is 1.88. The van der Waals surface area contributed by atoms with Crippen LogP contribution in [0, 0.1) is 5.92 Å². The molecule has 0 aromatic carbocycles. The van der Waals surface area contributed by atoms with E-state index in [0.717, 1.165) is 50.8 Å². The summed E-state index contributed by atoms with van der Waals surface area (Å²) in [6.07, 6.45) is 1.88. The number of carbonyl (C=O) groups is 1. The van der Waals surface area contributed by atoms with E-state index in [2.05, 4.69) is 36.1 Å². The van der Waals surface area contributed by atoms with Crippen molar-refractivity contribution in [3.05, 3.63) is 11.9 Å². The summed E-state index contributed by atoms with van der Waals surface area (Å²) < 4.78 is 7.20. The number of hydrogen-bond acceptors (Lipinski definition) is 4. The Morgan fingerprint density at radius 3 is 2.71 bits per heavy atom. The summed E-state index contributed by atoms with van der Waals surface area (Å²) >= 11 is 0. The van der Waals surface area contributed by atoms with Gasteiger partial charge >= 0.3 is 6.03 Å². The zero-order chi connectivity index (χ0) is 17.3. The number of nitrogens with one attached hydrogen (secondary N) is 1. The van der Waals surface area contributed by atoms with Gasteiger partial charge in [-0.25, -0.2) is 4.79 Å².